The summed E-state index contributed by atoms with van der Waals surface area (Å²) < 4.78 is 23.8. The van der Waals surface area contributed by atoms with E-state index in [0.717, 1.165) is 24.9 Å². The molecule has 2 heterocycles. The lowest BCUT2D eigenvalue weighted by atomic mass is 10.0. The van der Waals surface area contributed by atoms with E-state index >= 15 is 0 Å². The average molecular weight is 223 g/mol. The van der Waals surface area contributed by atoms with Gasteiger partial charge in [-0.15, -0.1) is 0 Å². The van der Waals surface area contributed by atoms with Crippen LogP contribution in [0, 0.1) is 5.82 Å². The fourth-order valence-electron chi connectivity index (χ4n) is 2.35. The van der Waals surface area contributed by atoms with Gasteiger partial charge in [-0.2, -0.15) is 0 Å². The van der Waals surface area contributed by atoms with Gasteiger partial charge in [0.05, 0.1) is 0 Å². The molecule has 2 aliphatic heterocycles. The molecule has 1 N–H and O–H groups in total. The highest BCUT2D eigenvalue weighted by Gasteiger charge is 2.21. The minimum absolute atomic E-state index is 0.122. The smallest absolute Gasteiger partial charge is 0.231 e. The van der Waals surface area contributed by atoms with E-state index in [4.69, 9.17) is 9.47 Å². The third-order valence-corrected chi connectivity index (χ3v) is 3.13. The van der Waals surface area contributed by atoms with Gasteiger partial charge in [-0.3, -0.25) is 0 Å². The number of hydrogen-bond acceptors (Lipinski definition) is 3. The van der Waals surface area contributed by atoms with Crippen LogP contribution in [-0.4, -0.2) is 19.4 Å². The number of ether oxygens (including phenoxy) is 2. The van der Waals surface area contributed by atoms with Crippen LogP contribution < -0.4 is 14.8 Å². The Morgan fingerprint density at radius 2 is 2.31 bits per heavy atom. The third kappa shape index (κ3) is 1.73. The Bertz CT molecular complexity index is 402. The van der Waals surface area contributed by atoms with Gasteiger partial charge in [0.1, 0.15) is 0 Å². The molecule has 4 heteroatoms. The van der Waals surface area contributed by atoms with E-state index in [2.05, 4.69) is 5.32 Å². The second-order valence-corrected chi connectivity index (χ2v) is 4.31. The van der Waals surface area contributed by atoms with Crippen molar-refractivity contribution < 1.29 is 13.9 Å². The Labute approximate surface area is 93.6 Å². The lowest BCUT2D eigenvalue weighted by Gasteiger charge is -2.10. The molecule has 0 aromatic heterocycles. The summed E-state index contributed by atoms with van der Waals surface area (Å²) in [5.74, 6) is 0.471. The monoisotopic (exact) mass is 223 g/mol. The Morgan fingerprint density at radius 3 is 3.12 bits per heavy atom. The van der Waals surface area contributed by atoms with Gasteiger partial charge in [0.2, 0.25) is 12.5 Å². The molecule has 1 aromatic rings. The number of hydrogen-bond donors (Lipinski definition) is 1. The number of halogens is 1. The first kappa shape index (κ1) is 9.90. The number of nitrogens with one attached hydrogen (secondary N) is 1. The van der Waals surface area contributed by atoms with Crippen LogP contribution in [0.25, 0.3) is 0 Å². The highest BCUT2D eigenvalue weighted by Crippen LogP contribution is 2.36. The summed E-state index contributed by atoms with van der Waals surface area (Å²) in [6.45, 7) is 1.19. The third-order valence-electron chi connectivity index (χ3n) is 3.13. The fourth-order valence-corrected chi connectivity index (χ4v) is 2.35. The molecule has 0 aliphatic carbocycles. The standard InChI is InChI=1S/C12H14FNO2/c13-10-5-8(4-9-2-1-3-14-9)6-11-12(10)16-7-15-11/h5-6,9,14H,1-4,7H2. The van der Waals surface area contributed by atoms with Gasteiger partial charge in [0, 0.05) is 6.04 Å². The number of benzene rings is 1. The molecule has 3 rings (SSSR count). The van der Waals surface area contributed by atoms with E-state index in [1.807, 2.05) is 6.07 Å². The van der Waals surface area contributed by atoms with Crippen molar-refractivity contribution in [1.82, 2.24) is 5.32 Å². The summed E-state index contributed by atoms with van der Waals surface area (Å²) in [6.07, 6.45) is 3.22. The van der Waals surface area contributed by atoms with Crippen LogP contribution in [0.2, 0.25) is 0 Å². The summed E-state index contributed by atoms with van der Waals surface area (Å²) in [5, 5.41) is 3.40. The quantitative estimate of drug-likeness (QED) is 0.830. The molecule has 1 unspecified atom stereocenters. The van der Waals surface area contributed by atoms with Crippen LogP contribution >= 0.6 is 0 Å². The molecule has 86 valence electrons. The van der Waals surface area contributed by atoms with Crippen LogP contribution in [-0.2, 0) is 6.42 Å². The SMILES string of the molecule is Fc1cc(CC2CCCN2)cc2c1OCO2. The van der Waals surface area contributed by atoms with E-state index in [0.29, 0.717) is 11.8 Å². The average Bonchev–Trinajstić information content (AvgIpc) is 2.87. The highest BCUT2D eigenvalue weighted by molar-refractivity contribution is 5.46. The summed E-state index contributed by atoms with van der Waals surface area (Å²) in [6, 6.07) is 3.90. The summed E-state index contributed by atoms with van der Waals surface area (Å²) >= 11 is 0. The van der Waals surface area contributed by atoms with Crippen molar-refractivity contribution in [2.75, 3.05) is 13.3 Å². The van der Waals surface area contributed by atoms with E-state index < -0.39 is 0 Å². The van der Waals surface area contributed by atoms with Gasteiger partial charge < -0.3 is 14.8 Å². The zero-order chi connectivity index (χ0) is 11.0. The first-order valence-electron chi connectivity index (χ1n) is 5.64. The molecule has 1 aromatic carbocycles. The Balaban J connectivity index is 1.82. The molecule has 0 amide bonds. The topological polar surface area (TPSA) is 30.5 Å². The van der Waals surface area contributed by atoms with Crippen molar-refractivity contribution in [3.63, 3.8) is 0 Å². The van der Waals surface area contributed by atoms with Crippen molar-refractivity contribution >= 4 is 0 Å². The predicted molar refractivity (Wildman–Crippen MR) is 57.3 cm³/mol. The number of rotatable bonds is 2. The molecule has 16 heavy (non-hydrogen) atoms. The van der Waals surface area contributed by atoms with E-state index in [1.165, 1.54) is 6.42 Å². The first-order chi connectivity index (χ1) is 7.83. The van der Waals surface area contributed by atoms with Crippen molar-refractivity contribution in [2.24, 2.45) is 0 Å². The molecular formula is C12H14FNO2. The maximum atomic E-state index is 13.6. The van der Waals surface area contributed by atoms with Gasteiger partial charge >= 0.3 is 0 Å². The minimum atomic E-state index is -0.317. The Morgan fingerprint density at radius 1 is 1.38 bits per heavy atom. The summed E-state index contributed by atoms with van der Waals surface area (Å²) in [5.41, 5.74) is 0.973. The van der Waals surface area contributed by atoms with Gasteiger partial charge in [-0.05, 0) is 43.5 Å². The largest absolute Gasteiger partial charge is 0.453 e. The van der Waals surface area contributed by atoms with Crippen LogP contribution in [0.1, 0.15) is 18.4 Å². The second kappa shape index (κ2) is 3.94. The maximum Gasteiger partial charge on any atom is 0.231 e. The van der Waals surface area contributed by atoms with Gasteiger partial charge in [-0.25, -0.2) is 4.39 Å². The van der Waals surface area contributed by atoms with E-state index in [-0.39, 0.29) is 18.4 Å². The fraction of sp³-hybridized carbons (Fsp3) is 0.500. The maximum absolute atomic E-state index is 13.6. The van der Waals surface area contributed by atoms with Gasteiger partial charge in [0.15, 0.2) is 11.6 Å². The van der Waals surface area contributed by atoms with E-state index in [9.17, 15) is 4.39 Å². The van der Waals surface area contributed by atoms with Crippen LogP contribution in [0.4, 0.5) is 4.39 Å². The van der Waals surface area contributed by atoms with E-state index in [1.54, 1.807) is 6.07 Å². The molecule has 3 nitrogen and oxygen atoms in total. The molecular weight excluding hydrogens is 209 g/mol. The molecule has 1 saturated heterocycles. The molecule has 2 aliphatic rings. The molecule has 1 fully saturated rings. The summed E-state index contributed by atoms with van der Waals surface area (Å²) in [7, 11) is 0. The lowest BCUT2D eigenvalue weighted by Crippen LogP contribution is -2.23. The zero-order valence-corrected chi connectivity index (χ0v) is 8.96. The Hall–Kier alpha value is -1.29. The van der Waals surface area contributed by atoms with Crippen LogP contribution in [0.15, 0.2) is 12.1 Å². The van der Waals surface area contributed by atoms with Gasteiger partial charge in [-0.1, -0.05) is 0 Å². The lowest BCUT2D eigenvalue weighted by molar-refractivity contribution is 0.171. The normalized spacial score (nSPS) is 22.7. The first-order valence-corrected chi connectivity index (χ1v) is 5.64. The molecule has 0 saturated carbocycles. The molecule has 1 atom stereocenters. The zero-order valence-electron chi connectivity index (χ0n) is 8.96. The van der Waals surface area contributed by atoms with Crippen molar-refractivity contribution in [1.29, 1.82) is 0 Å². The molecule has 0 spiro atoms. The van der Waals surface area contributed by atoms with Crippen molar-refractivity contribution in [3.8, 4) is 11.5 Å². The van der Waals surface area contributed by atoms with Crippen LogP contribution in [0.5, 0.6) is 11.5 Å². The predicted octanol–water partition coefficient (Wildman–Crippen LogP) is 1.85. The van der Waals surface area contributed by atoms with Crippen molar-refractivity contribution in [3.05, 3.63) is 23.5 Å². The highest BCUT2D eigenvalue weighted by atomic mass is 19.1. The Kier molecular flexibility index (Phi) is 2.44. The van der Waals surface area contributed by atoms with Crippen LogP contribution in [0.3, 0.4) is 0 Å². The second-order valence-electron chi connectivity index (χ2n) is 4.31. The summed E-state index contributed by atoms with van der Waals surface area (Å²) in [4.78, 5) is 0. The number of fused-ring (bicyclic) bond motifs is 1. The molecule has 0 radical (unpaired) electrons. The molecule has 0 bridgehead atoms. The minimum Gasteiger partial charge on any atom is -0.453 e. The van der Waals surface area contributed by atoms with Crippen molar-refractivity contribution in [2.45, 2.75) is 25.3 Å². The van der Waals surface area contributed by atoms with Gasteiger partial charge in [0.25, 0.3) is 0 Å².